The van der Waals surface area contributed by atoms with Crippen LogP contribution in [0.15, 0.2) is 53.7 Å². The summed E-state index contributed by atoms with van der Waals surface area (Å²) in [7, 11) is 3.25. The number of rotatable bonds is 6. The van der Waals surface area contributed by atoms with E-state index in [-0.39, 0.29) is 0 Å². The van der Waals surface area contributed by atoms with Gasteiger partial charge in [0, 0.05) is 0 Å². The van der Waals surface area contributed by atoms with E-state index in [4.69, 9.17) is 14.7 Å². The Bertz CT molecular complexity index is 900. The second-order valence-electron chi connectivity index (χ2n) is 4.99. The van der Waals surface area contributed by atoms with Crippen LogP contribution in [0, 0.1) is 11.3 Å². The van der Waals surface area contributed by atoms with Crippen LogP contribution in [0.5, 0.6) is 11.5 Å². The van der Waals surface area contributed by atoms with Crippen LogP contribution < -0.4 is 9.47 Å². The number of hydrogen-bond donors (Lipinski definition) is 0. The Kier molecular flexibility index (Phi) is 5.21. The zero-order valence-corrected chi connectivity index (χ0v) is 14.7. The van der Waals surface area contributed by atoms with E-state index in [0.717, 1.165) is 17.0 Å². The highest BCUT2D eigenvalue weighted by atomic mass is 32.2. The van der Waals surface area contributed by atoms with Crippen LogP contribution in [0.1, 0.15) is 0 Å². The third-order valence-electron chi connectivity index (χ3n) is 3.58. The van der Waals surface area contributed by atoms with Crippen LogP contribution in [0.4, 0.5) is 0 Å². The average Bonchev–Trinajstić information content (AvgIpc) is 3.10. The van der Waals surface area contributed by atoms with Crippen molar-refractivity contribution in [2.24, 2.45) is 0 Å². The second kappa shape index (κ2) is 7.73. The molecule has 2 aromatic carbocycles. The Hall–Kier alpha value is -2.98. The molecule has 0 unspecified atom stereocenters. The Balaban J connectivity index is 2.15. The summed E-state index contributed by atoms with van der Waals surface area (Å²) in [4.78, 5) is 0. The first-order valence-electron chi connectivity index (χ1n) is 7.51. The van der Waals surface area contributed by atoms with E-state index < -0.39 is 0 Å². The van der Waals surface area contributed by atoms with Gasteiger partial charge in [-0.15, -0.1) is 10.2 Å². The number of nitriles is 1. The average molecular weight is 352 g/mol. The van der Waals surface area contributed by atoms with Gasteiger partial charge in [-0.05, 0) is 36.4 Å². The van der Waals surface area contributed by atoms with Gasteiger partial charge in [-0.3, -0.25) is 4.57 Å². The summed E-state index contributed by atoms with van der Waals surface area (Å²) < 4.78 is 12.6. The standard InChI is InChI=1S/C18H16N4O2S/c1-23-14-9-7-13(8-10-14)22-17(20-21-18(22)25-12-11-19)15-5-3-4-6-16(15)24-2/h3-10H,12H2,1-2H3. The first kappa shape index (κ1) is 16.9. The normalized spacial score (nSPS) is 10.3. The van der Waals surface area contributed by atoms with Gasteiger partial charge in [0.15, 0.2) is 11.0 Å². The molecule has 0 amide bonds. The summed E-state index contributed by atoms with van der Waals surface area (Å²) in [6.07, 6.45) is 0. The van der Waals surface area contributed by atoms with Crippen molar-refractivity contribution in [2.45, 2.75) is 5.16 Å². The van der Waals surface area contributed by atoms with Gasteiger partial charge in [-0.25, -0.2) is 0 Å². The van der Waals surface area contributed by atoms with Gasteiger partial charge in [0.05, 0.1) is 37.3 Å². The Morgan fingerprint density at radius 2 is 1.80 bits per heavy atom. The number of thioether (sulfide) groups is 1. The zero-order valence-electron chi connectivity index (χ0n) is 13.8. The van der Waals surface area contributed by atoms with E-state index in [1.807, 2.05) is 53.1 Å². The molecule has 3 rings (SSSR count). The van der Waals surface area contributed by atoms with Crippen LogP contribution in [0.25, 0.3) is 17.1 Å². The minimum atomic E-state index is 0.292. The van der Waals surface area contributed by atoms with Crippen LogP contribution in [0.3, 0.4) is 0 Å². The Morgan fingerprint density at radius 3 is 2.48 bits per heavy atom. The van der Waals surface area contributed by atoms with E-state index >= 15 is 0 Å². The van der Waals surface area contributed by atoms with Gasteiger partial charge >= 0.3 is 0 Å². The number of benzene rings is 2. The van der Waals surface area contributed by atoms with Crippen molar-refractivity contribution in [3.8, 4) is 34.6 Å². The summed E-state index contributed by atoms with van der Waals surface area (Å²) in [5.41, 5.74) is 1.71. The molecule has 0 fully saturated rings. The summed E-state index contributed by atoms with van der Waals surface area (Å²) in [5.74, 6) is 2.42. The van der Waals surface area contributed by atoms with Crippen molar-refractivity contribution in [3.05, 3.63) is 48.5 Å². The summed E-state index contributed by atoms with van der Waals surface area (Å²) in [6.45, 7) is 0. The number of hydrogen-bond acceptors (Lipinski definition) is 6. The number of nitrogens with zero attached hydrogens (tertiary/aromatic N) is 4. The van der Waals surface area contributed by atoms with Gasteiger partial charge in [0.2, 0.25) is 0 Å². The third kappa shape index (κ3) is 3.44. The fourth-order valence-corrected chi connectivity index (χ4v) is 3.04. The smallest absolute Gasteiger partial charge is 0.197 e. The molecule has 0 bridgehead atoms. The molecule has 25 heavy (non-hydrogen) atoms. The SMILES string of the molecule is COc1ccc(-n2c(SCC#N)nnc2-c2ccccc2OC)cc1. The summed E-state index contributed by atoms with van der Waals surface area (Å²) >= 11 is 1.34. The molecule has 6 nitrogen and oxygen atoms in total. The molecule has 1 aromatic heterocycles. The largest absolute Gasteiger partial charge is 0.497 e. The molecule has 0 spiro atoms. The number of aromatic nitrogens is 3. The Morgan fingerprint density at radius 1 is 1.04 bits per heavy atom. The van der Waals surface area contributed by atoms with Crippen LogP contribution in [0.2, 0.25) is 0 Å². The highest BCUT2D eigenvalue weighted by Gasteiger charge is 2.18. The van der Waals surface area contributed by atoms with Gasteiger partial charge in [-0.2, -0.15) is 5.26 Å². The number of ether oxygens (including phenoxy) is 2. The number of para-hydroxylation sites is 1. The van der Waals surface area contributed by atoms with Crippen molar-refractivity contribution in [3.63, 3.8) is 0 Å². The van der Waals surface area contributed by atoms with E-state index in [9.17, 15) is 0 Å². The van der Waals surface area contributed by atoms with Gasteiger partial charge in [0.1, 0.15) is 11.5 Å². The predicted octanol–water partition coefficient (Wildman–Crippen LogP) is 3.57. The molecular weight excluding hydrogens is 336 g/mol. The maximum Gasteiger partial charge on any atom is 0.197 e. The molecule has 0 aliphatic carbocycles. The summed E-state index contributed by atoms with van der Waals surface area (Å²) in [6, 6.07) is 17.4. The van der Waals surface area contributed by atoms with Crippen molar-refractivity contribution in [1.29, 1.82) is 5.26 Å². The minimum absolute atomic E-state index is 0.292. The molecular formula is C18H16N4O2S. The van der Waals surface area contributed by atoms with E-state index in [1.54, 1.807) is 14.2 Å². The monoisotopic (exact) mass is 352 g/mol. The lowest BCUT2D eigenvalue weighted by atomic mass is 10.2. The third-order valence-corrected chi connectivity index (χ3v) is 4.37. The molecule has 0 saturated carbocycles. The molecule has 3 aromatic rings. The molecule has 0 atom stereocenters. The predicted molar refractivity (Wildman–Crippen MR) is 96.2 cm³/mol. The maximum atomic E-state index is 8.90. The van der Waals surface area contributed by atoms with Crippen molar-refractivity contribution in [1.82, 2.24) is 14.8 Å². The van der Waals surface area contributed by atoms with Gasteiger partial charge in [-0.1, -0.05) is 23.9 Å². The van der Waals surface area contributed by atoms with Crippen LogP contribution in [-0.2, 0) is 0 Å². The van der Waals surface area contributed by atoms with Crippen molar-refractivity contribution >= 4 is 11.8 Å². The molecule has 0 saturated heterocycles. The Labute approximate surface area is 150 Å². The first-order valence-corrected chi connectivity index (χ1v) is 8.50. The molecule has 0 aliphatic heterocycles. The second-order valence-corrected chi connectivity index (χ2v) is 5.93. The topological polar surface area (TPSA) is 73.0 Å². The number of methoxy groups -OCH3 is 2. The highest BCUT2D eigenvalue weighted by molar-refractivity contribution is 7.99. The van der Waals surface area contributed by atoms with Gasteiger partial charge in [0.25, 0.3) is 0 Å². The maximum absolute atomic E-state index is 8.90. The first-order chi connectivity index (χ1) is 12.3. The fraction of sp³-hybridized carbons (Fsp3) is 0.167. The van der Waals surface area contributed by atoms with Crippen molar-refractivity contribution in [2.75, 3.05) is 20.0 Å². The van der Waals surface area contributed by atoms with Crippen LogP contribution >= 0.6 is 11.8 Å². The highest BCUT2D eigenvalue weighted by Crippen LogP contribution is 2.33. The molecule has 1 heterocycles. The molecule has 7 heteroatoms. The van der Waals surface area contributed by atoms with E-state index in [0.29, 0.717) is 22.5 Å². The van der Waals surface area contributed by atoms with Crippen LogP contribution in [-0.4, -0.2) is 34.7 Å². The molecule has 126 valence electrons. The molecule has 0 radical (unpaired) electrons. The quantitative estimate of drug-likeness (QED) is 0.632. The van der Waals surface area contributed by atoms with E-state index in [2.05, 4.69) is 16.3 Å². The lowest BCUT2D eigenvalue weighted by Gasteiger charge is -2.12. The lowest BCUT2D eigenvalue weighted by Crippen LogP contribution is -2.01. The van der Waals surface area contributed by atoms with E-state index in [1.165, 1.54) is 11.8 Å². The minimum Gasteiger partial charge on any atom is -0.497 e. The lowest BCUT2D eigenvalue weighted by molar-refractivity contribution is 0.414. The summed E-state index contributed by atoms with van der Waals surface area (Å²) in [5, 5.41) is 18.1. The molecule has 0 N–H and O–H groups in total. The fourth-order valence-electron chi connectivity index (χ4n) is 2.43. The van der Waals surface area contributed by atoms with Gasteiger partial charge < -0.3 is 9.47 Å². The zero-order chi connectivity index (χ0) is 17.6. The van der Waals surface area contributed by atoms with Crippen molar-refractivity contribution < 1.29 is 9.47 Å². The molecule has 0 aliphatic rings.